The summed E-state index contributed by atoms with van der Waals surface area (Å²) in [6, 6.07) is 0.825. The first-order valence-electron chi connectivity index (χ1n) is 8.72. The van der Waals surface area contributed by atoms with Crippen LogP contribution in [0.4, 0.5) is 0 Å². The zero-order chi connectivity index (χ0) is 14.1. The second-order valence-corrected chi connectivity index (χ2v) is 9.36. The van der Waals surface area contributed by atoms with Crippen molar-refractivity contribution in [2.45, 2.75) is 80.7 Å². The smallest absolute Gasteiger partial charge is 0.103 e. The molecule has 4 heteroatoms. The fourth-order valence-corrected chi connectivity index (χ4v) is 6.20. The predicted molar refractivity (Wildman–Crippen MR) is 92.4 cm³/mol. The molecule has 1 N–H and O–H groups in total. The van der Waals surface area contributed by atoms with Gasteiger partial charge in [0.1, 0.15) is 5.01 Å². The lowest BCUT2D eigenvalue weighted by molar-refractivity contribution is 0.500. The zero-order valence-electron chi connectivity index (χ0n) is 12.8. The van der Waals surface area contributed by atoms with E-state index in [0.29, 0.717) is 5.92 Å². The van der Waals surface area contributed by atoms with Gasteiger partial charge in [-0.2, -0.15) is 11.8 Å². The van der Waals surface area contributed by atoms with Crippen molar-refractivity contribution >= 4 is 23.1 Å². The van der Waals surface area contributed by atoms with Crippen LogP contribution in [0.5, 0.6) is 0 Å². The number of aromatic nitrogens is 1. The minimum Gasteiger partial charge on any atom is -0.313 e. The van der Waals surface area contributed by atoms with E-state index in [4.69, 9.17) is 4.98 Å². The van der Waals surface area contributed by atoms with Gasteiger partial charge in [-0.25, -0.2) is 4.98 Å². The van der Waals surface area contributed by atoms with Crippen molar-refractivity contribution in [2.75, 3.05) is 6.54 Å². The Labute approximate surface area is 136 Å². The summed E-state index contributed by atoms with van der Waals surface area (Å²) in [4.78, 5) is 6.65. The van der Waals surface area contributed by atoms with E-state index in [9.17, 15) is 0 Å². The third-order valence-electron chi connectivity index (χ3n) is 5.09. The van der Waals surface area contributed by atoms with Crippen LogP contribution < -0.4 is 5.32 Å². The van der Waals surface area contributed by atoms with Gasteiger partial charge < -0.3 is 5.32 Å². The SMILES string of the molecule is C1CCC(SCc2nc3c(s2)CCCC3CNC2CC2)C1. The van der Waals surface area contributed by atoms with Crippen molar-refractivity contribution in [3.63, 3.8) is 0 Å². The first-order chi connectivity index (χ1) is 10.4. The Morgan fingerprint density at radius 1 is 1.10 bits per heavy atom. The molecule has 0 aliphatic heterocycles. The summed E-state index contributed by atoms with van der Waals surface area (Å²) < 4.78 is 0. The fraction of sp³-hybridized carbons (Fsp3) is 0.824. The highest BCUT2D eigenvalue weighted by atomic mass is 32.2. The van der Waals surface area contributed by atoms with Crippen LogP contribution in [-0.4, -0.2) is 22.8 Å². The molecule has 0 bridgehead atoms. The summed E-state index contributed by atoms with van der Waals surface area (Å²) in [6.07, 6.45) is 12.5. The molecule has 0 spiro atoms. The summed E-state index contributed by atoms with van der Waals surface area (Å²) in [5.74, 6) is 1.85. The van der Waals surface area contributed by atoms with Gasteiger partial charge in [-0.05, 0) is 44.9 Å². The van der Waals surface area contributed by atoms with Crippen LogP contribution >= 0.6 is 23.1 Å². The molecule has 0 saturated heterocycles. The summed E-state index contributed by atoms with van der Waals surface area (Å²) in [5.41, 5.74) is 1.46. The maximum absolute atomic E-state index is 5.05. The van der Waals surface area contributed by atoms with Gasteiger partial charge in [-0.3, -0.25) is 0 Å². The van der Waals surface area contributed by atoms with Crippen LogP contribution in [0.1, 0.15) is 72.9 Å². The number of thioether (sulfide) groups is 1. The van der Waals surface area contributed by atoms with E-state index in [1.54, 1.807) is 4.88 Å². The third kappa shape index (κ3) is 3.65. The number of fused-ring (bicyclic) bond motifs is 1. The lowest BCUT2D eigenvalue weighted by Crippen LogP contribution is -2.25. The van der Waals surface area contributed by atoms with E-state index < -0.39 is 0 Å². The highest BCUT2D eigenvalue weighted by Gasteiger charge is 2.28. The number of aryl methyl sites for hydroxylation is 1. The van der Waals surface area contributed by atoms with Gasteiger partial charge in [0, 0.05) is 34.4 Å². The quantitative estimate of drug-likeness (QED) is 0.835. The van der Waals surface area contributed by atoms with E-state index in [1.807, 2.05) is 11.3 Å². The maximum atomic E-state index is 5.05. The molecule has 1 aromatic rings. The Hall–Kier alpha value is -0.0600. The minimum absolute atomic E-state index is 0.691. The van der Waals surface area contributed by atoms with Gasteiger partial charge in [-0.15, -0.1) is 11.3 Å². The van der Waals surface area contributed by atoms with E-state index >= 15 is 0 Å². The summed E-state index contributed by atoms with van der Waals surface area (Å²) in [7, 11) is 0. The van der Waals surface area contributed by atoms with Crippen LogP contribution in [0, 0.1) is 0 Å². The van der Waals surface area contributed by atoms with E-state index in [1.165, 1.54) is 68.5 Å². The van der Waals surface area contributed by atoms with Crippen molar-refractivity contribution in [1.82, 2.24) is 10.3 Å². The maximum Gasteiger partial charge on any atom is 0.103 e. The molecule has 1 atom stereocenters. The Kier molecular flexibility index (Phi) is 4.56. The fourth-order valence-electron chi connectivity index (χ4n) is 3.66. The highest BCUT2D eigenvalue weighted by Crippen LogP contribution is 2.38. The van der Waals surface area contributed by atoms with E-state index in [-0.39, 0.29) is 0 Å². The van der Waals surface area contributed by atoms with Crippen LogP contribution in [-0.2, 0) is 12.2 Å². The molecule has 21 heavy (non-hydrogen) atoms. The van der Waals surface area contributed by atoms with Crippen LogP contribution in [0.2, 0.25) is 0 Å². The Morgan fingerprint density at radius 2 is 1.95 bits per heavy atom. The predicted octanol–water partition coefficient (Wildman–Crippen LogP) is 4.49. The molecular weight excluding hydrogens is 296 g/mol. The number of nitrogens with zero attached hydrogens (tertiary/aromatic N) is 1. The normalized spacial score (nSPS) is 26.2. The van der Waals surface area contributed by atoms with Gasteiger partial charge >= 0.3 is 0 Å². The Bertz CT molecular complexity index is 475. The topological polar surface area (TPSA) is 24.9 Å². The molecule has 2 nitrogen and oxygen atoms in total. The number of hydrogen-bond donors (Lipinski definition) is 1. The van der Waals surface area contributed by atoms with Crippen molar-refractivity contribution in [3.05, 3.63) is 15.6 Å². The molecule has 2 saturated carbocycles. The molecule has 116 valence electrons. The van der Waals surface area contributed by atoms with Gasteiger partial charge in [0.25, 0.3) is 0 Å². The van der Waals surface area contributed by atoms with E-state index in [2.05, 4.69) is 17.1 Å². The second-order valence-electron chi connectivity index (χ2n) is 6.91. The molecular formula is C17H26N2S2. The molecule has 1 aromatic heterocycles. The van der Waals surface area contributed by atoms with Gasteiger partial charge in [0.05, 0.1) is 5.69 Å². The summed E-state index contributed by atoms with van der Waals surface area (Å²) in [6.45, 7) is 1.16. The lowest BCUT2D eigenvalue weighted by Gasteiger charge is -2.21. The van der Waals surface area contributed by atoms with Gasteiger partial charge in [0.2, 0.25) is 0 Å². The van der Waals surface area contributed by atoms with Crippen molar-refractivity contribution < 1.29 is 0 Å². The molecule has 3 aliphatic rings. The molecule has 0 aromatic carbocycles. The zero-order valence-corrected chi connectivity index (χ0v) is 14.4. The first kappa shape index (κ1) is 14.5. The molecule has 0 amide bonds. The average molecular weight is 323 g/mol. The molecule has 2 fully saturated rings. The van der Waals surface area contributed by atoms with Crippen molar-refractivity contribution in [2.24, 2.45) is 0 Å². The lowest BCUT2D eigenvalue weighted by atomic mass is 9.91. The molecule has 3 aliphatic carbocycles. The van der Waals surface area contributed by atoms with Crippen molar-refractivity contribution in [1.29, 1.82) is 0 Å². The highest BCUT2D eigenvalue weighted by molar-refractivity contribution is 7.99. The monoisotopic (exact) mass is 322 g/mol. The van der Waals surface area contributed by atoms with Crippen LogP contribution in [0.25, 0.3) is 0 Å². The summed E-state index contributed by atoms with van der Waals surface area (Å²) >= 11 is 4.17. The van der Waals surface area contributed by atoms with Gasteiger partial charge in [0.15, 0.2) is 0 Å². The van der Waals surface area contributed by atoms with Gasteiger partial charge in [-0.1, -0.05) is 12.8 Å². The molecule has 1 unspecified atom stereocenters. The van der Waals surface area contributed by atoms with Crippen molar-refractivity contribution in [3.8, 4) is 0 Å². The second kappa shape index (κ2) is 6.59. The molecule has 0 radical (unpaired) electrons. The summed E-state index contributed by atoms with van der Waals surface area (Å²) in [5, 5.41) is 6.03. The largest absolute Gasteiger partial charge is 0.313 e. The van der Waals surface area contributed by atoms with E-state index in [0.717, 1.165) is 23.6 Å². The number of nitrogens with one attached hydrogen (secondary N) is 1. The number of thiazole rings is 1. The number of rotatable bonds is 6. The first-order valence-corrected chi connectivity index (χ1v) is 10.6. The third-order valence-corrected chi connectivity index (χ3v) is 7.79. The average Bonchev–Trinajstić information content (AvgIpc) is 3.01. The Balaban J connectivity index is 1.37. The molecule has 4 rings (SSSR count). The Morgan fingerprint density at radius 3 is 2.76 bits per heavy atom. The number of hydrogen-bond acceptors (Lipinski definition) is 4. The minimum atomic E-state index is 0.691. The van der Waals surface area contributed by atoms with Crippen LogP contribution in [0.3, 0.4) is 0 Å². The standard InChI is InChI=1S/C17H26N2S2/c1-2-6-14(5-1)20-11-16-19-17-12(10-18-13-8-9-13)4-3-7-15(17)21-16/h12-14,18H,1-11H2. The molecule has 1 heterocycles. The van der Waals surface area contributed by atoms with Crippen LogP contribution in [0.15, 0.2) is 0 Å².